The molecule has 1 aromatic carbocycles. The van der Waals surface area contributed by atoms with Gasteiger partial charge in [-0.25, -0.2) is 0 Å². The first-order valence-electron chi connectivity index (χ1n) is 3.80. The average Bonchev–Trinajstić information content (AvgIpc) is 2.16. The van der Waals surface area contributed by atoms with E-state index >= 15 is 0 Å². The number of nitrogen functional groups attached to an aromatic ring is 1. The zero-order valence-electron chi connectivity index (χ0n) is 7.00. The van der Waals surface area contributed by atoms with Gasteiger partial charge < -0.3 is 5.73 Å². The molecule has 0 saturated heterocycles. The van der Waals surface area contributed by atoms with Crippen LogP contribution in [-0.2, 0) is 0 Å². The van der Waals surface area contributed by atoms with Crippen molar-refractivity contribution in [2.75, 3.05) is 11.1 Å². The van der Waals surface area contributed by atoms with Gasteiger partial charge in [-0.15, -0.1) is 0 Å². The van der Waals surface area contributed by atoms with Crippen LogP contribution in [0.2, 0.25) is 0 Å². The smallest absolute Gasteiger partial charge is 0.101 e. The lowest BCUT2D eigenvalue weighted by atomic mass is 10.1. The Labute approximate surface area is 85.8 Å². The number of nitriles is 1. The maximum atomic E-state index is 8.70. The largest absolute Gasteiger partial charge is 0.398 e. The zero-order chi connectivity index (χ0) is 9.68. The fourth-order valence-corrected chi connectivity index (χ4v) is 1.14. The van der Waals surface area contributed by atoms with Crippen molar-refractivity contribution in [3.8, 4) is 6.07 Å². The van der Waals surface area contributed by atoms with Crippen LogP contribution in [0.4, 0.5) is 5.69 Å². The molecule has 0 heterocycles. The zero-order valence-corrected chi connectivity index (χ0v) is 8.58. The van der Waals surface area contributed by atoms with Gasteiger partial charge in [-0.2, -0.15) is 5.26 Å². The highest BCUT2D eigenvalue weighted by Crippen LogP contribution is 2.13. The van der Waals surface area contributed by atoms with Crippen LogP contribution < -0.4 is 5.73 Å². The summed E-state index contributed by atoms with van der Waals surface area (Å²) in [6.07, 6.45) is 3.90. The van der Waals surface area contributed by atoms with Crippen molar-refractivity contribution < 1.29 is 0 Å². The number of alkyl halides is 1. The summed E-state index contributed by atoms with van der Waals surface area (Å²) >= 11 is 3.28. The van der Waals surface area contributed by atoms with Crippen LogP contribution in [0.5, 0.6) is 0 Å². The number of anilines is 1. The number of allylic oxidation sites excluding steroid dienone is 1. The Bertz CT molecular complexity index is 364. The standard InChI is InChI=1S/C10H9BrN2/c11-5-1-2-8-3-4-10(13)9(6-8)7-12/h1-4,6H,5,13H2. The van der Waals surface area contributed by atoms with Crippen LogP contribution >= 0.6 is 15.9 Å². The molecule has 0 fully saturated rings. The third-order valence-electron chi connectivity index (χ3n) is 1.60. The van der Waals surface area contributed by atoms with E-state index in [4.69, 9.17) is 11.0 Å². The van der Waals surface area contributed by atoms with Crippen molar-refractivity contribution in [3.63, 3.8) is 0 Å². The Morgan fingerprint density at radius 3 is 2.92 bits per heavy atom. The van der Waals surface area contributed by atoms with Gasteiger partial charge in [-0.3, -0.25) is 0 Å². The molecule has 1 aromatic rings. The van der Waals surface area contributed by atoms with E-state index in [1.165, 1.54) is 0 Å². The Morgan fingerprint density at radius 2 is 2.31 bits per heavy atom. The predicted molar refractivity (Wildman–Crippen MR) is 58.4 cm³/mol. The highest BCUT2D eigenvalue weighted by Gasteiger charge is 1.96. The molecule has 0 bridgehead atoms. The molecule has 0 spiro atoms. The Morgan fingerprint density at radius 1 is 1.54 bits per heavy atom. The fourth-order valence-electron chi connectivity index (χ4n) is 0.955. The molecule has 0 radical (unpaired) electrons. The van der Waals surface area contributed by atoms with E-state index in [1.54, 1.807) is 12.1 Å². The Kier molecular flexibility index (Phi) is 3.53. The summed E-state index contributed by atoms with van der Waals surface area (Å²) < 4.78 is 0. The lowest BCUT2D eigenvalue weighted by molar-refractivity contribution is 1.48. The van der Waals surface area contributed by atoms with Gasteiger partial charge >= 0.3 is 0 Å². The molecule has 2 N–H and O–H groups in total. The van der Waals surface area contributed by atoms with Crippen LogP contribution in [0.1, 0.15) is 11.1 Å². The molecule has 66 valence electrons. The van der Waals surface area contributed by atoms with Gasteiger partial charge in [-0.05, 0) is 17.7 Å². The first kappa shape index (κ1) is 9.82. The monoisotopic (exact) mass is 236 g/mol. The SMILES string of the molecule is N#Cc1cc(C=CCBr)ccc1N. The van der Waals surface area contributed by atoms with Crippen molar-refractivity contribution in [1.82, 2.24) is 0 Å². The number of halogens is 1. The molecule has 0 aliphatic heterocycles. The molecule has 0 aromatic heterocycles. The number of hydrogen-bond donors (Lipinski definition) is 1. The average molecular weight is 237 g/mol. The van der Waals surface area contributed by atoms with Crippen molar-refractivity contribution in [2.24, 2.45) is 0 Å². The minimum absolute atomic E-state index is 0.525. The van der Waals surface area contributed by atoms with Crippen molar-refractivity contribution in [2.45, 2.75) is 0 Å². The minimum atomic E-state index is 0.525. The molecule has 0 aliphatic rings. The Balaban J connectivity index is 3.01. The van der Waals surface area contributed by atoms with Crippen molar-refractivity contribution in [1.29, 1.82) is 5.26 Å². The number of nitrogens with two attached hydrogens (primary N) is 1. The third kappa shape index (κ3) is 2.60. The summed E-state index contributed by atoms with van der Waals surface area (Å²) in [5, 5.41) is 9.51. The first-order valence-corrected chi connectivity index (χ1v) is 4.92. The van der Waals surface area contributed by atoms with Crippen LogP contribution in [0.15, 0.2) is 24.3 Å². The highest BCUT2D eigenvalue weighted by atomic mass is 79.9. The summed E-state index contributed by atoms with van der Waals surface area (Å²) in [6.45, 7) is 0. The van der Waals surface area contributed by atoms with E-state index in [-0.39, 0.29) is 0 Å². The number of benzene rings is 1. The van der Waals surface area contributed by atoms with E-state index in [9.17, 15) is 0 Å². The maximum absolute atomic E-state index is 8.70. The summed E-state index contributed by atoms with van der Waals surface area (Å²) in [6, 6.07) is 7.44. The van der Waals surface area contributed by atoms with Gasteiger partial charge in [-0.1, -0.05) is 34.1 Å². The second kappa shape index (κ2) is 4.68. The van der Waals surface area contributed by atoms with E-state index in [2.05, 4.69) is 15.9 Å². The number of rotatable bonds is 2. The van der Waals surface area contributed by atoms with Gasteiger partial charge in [0.15, 0.2) is 0 Å². The normalized spacial score (nSPS) is 10.2. The van der Waals surface area contributed by atoms with Crippen LogP contribution in [0.3, 0.4) is 0 Å². The molecule has 13 heavy (non-hydrogen) atoms. The van der Waals surface area contributed by atoms with Gasteiger partial charge in [0, 0.05) is 11.0 Å². The molecule has 0 amide bonds. The summed E-state index contributed by atoms with van der Waals surface area (Å²) in [5.41, 5.74) is 7.61. The van der Waals surface area contributed by atoms with Crippen molar-refractivity contribution >= 4 is 27.7 Å². The predicted octanol–water partition coefficient (Wildman–Crippen LogP) is 2.55. The quantitative estimate of drug-likeness (QED) is 0.634. The Hall–Kier alpha value is -1.27. The molecule has 3 heteroatoms. The van der Waals surface area contributed by atoms with E-state index in [0.29, 0.717) is 11.3 Å². The van der Waals surface area contributed by atoms with E-state index in [0.717, 1.165) is 10.9 Å². The van der Waals surface area contributed by atoms with Crippen molar-refractivity contribution in [3.05, 3.63) is 35.4 Å². The van der Waals surface area contributed by atoms with Gasteiger partial charge in [0.2, 0.25) is 0 Å². The first-order chi connectivity index (χ1) is 6.27. The van der Waals surface area contributed by atoms with Gasteiger partial charge in [0.25, 0.3) is 0 Å². The van der Waals surface area contributed by atoms with E-state index in [1.807, 2.05) is 24.3 Å². The molecule has 0 saturated carbocycles. The molecule has 0 atom stereocenters. The number of hydrogen-bond acceptors (Lipinski definition) is 2. The van der Waals surface area contributed by atoms with Crippen LogP contribution in [0.25, 0.3) is 6.08 Å². The summed E-state index contributed by atoms with van der Waals surface area (Å²) in [5.74, 6) is 0. The highest BCUT2D eigenvalue weighted by molar-refractivity contribution is 9.09. The topological polar surface area (TPSA) is 49.8 Å². The van der Waals surface area contributed by atoms with E-state index < -0.39 is 0 Å². The van der Waals surface area contributed by atoms with Crippen LogP contribution in [-0.4, -0.2) is 5.33 Å². The molecular weight excluding hydrogens is 228 g/mol. The second-order valence-electron chi connectivity index (χ2n) is 2.52. The van der Waals surface area contributed by atoms with Gasteiger partial charge in [0.1, 0.15) is 6.07 Å². The molecule has 0 unspecified atom stereocenters. The fraction of sp³-hybridized carbons (Fsp3) is 0.100. The minimum Gasteiger partial charge on any atom is -0.398 e. The molecular formula is C10H9BrN2. The summed E-state index contributed by atoms with van der Waals surface area (Å²) in [4.78, 5) is 0. The molecule has 0 aliphatic carbocycles. The van der Waals surface area contributed by atoms with Gasteiger partial charge in [0.05, 0.1) is 5.56 Å². The number of nitrogens with zero attached hydrogens (tertiary/aromatic N) is 1. The lowest BCUT2D eigenvalue weighted by Gasteiger charge is -1.97. The van der Waals surface area contributed by atoms with Crippen LogP contribution in [0, 0.1) is 11.3 Å². The summed E-state index contributed by atoms with van der Waals surface area (Å²) in [7, 11) is 0. The molecule has 2 nitrogen and oxygen atoms in total. The lowest BCUT2D eigenvalue weighted by Crippen LogP contribution is -1.89. The second-order valence-corrected chi connectivity index (χ2v) is 3.16. The third-order valence-corrected chi connectivity index (χ3v) is 1.97. The maximum Gasteiger partial charge on any atom is 0.101 e. The molecule has 1 rings (SSSR count).